The quantitative estimate of drug-likeness (QED) is 0.663. The van der Waals surface area contributed by atoms with Crippen molar-refractivity contribution in [1.29, 1.82) is 0 Å². The molecule has 0 aromatic carbocycles. The molecule has 21 heavy (non-hydrogen) atoms. The van der Waals surface area contributed by atoms with Gasteiger partial charge in [0.05, 0.1) is 16.2 Å². The molecule has 1 atom stereocenters. The molecule has 114 valence electrons. The minimum atomic E-state index is -0.504. The topological polar surface area (TPSA) is 107 Å². The number of nitro groups is 1. The minimum absolute atomic E-state index is 0. The lowest BCUT2D eigenvalue weighted by molar-refractivity contribution is -0.385. The highest BCUT2D eigenvalue weighted by molar-refractivity contribution is 5.85. The maximum absolute atomic E-state index is 10.8. The number of hydrogen-bond donors (Lipinski definition) is 1. The highest BCUT2D eigenvalue weighted by atomic mass is 35.5. The van der Waals surface area contributed by atoms with E-state index in [1.165, 1.54) is 12.3 Å². The third kappa shape index (κ3) is 3.96. The van der Waals surface area contributed by atoms with Crippen LogP contribution >= 0.6 is 12.4 Å². The van der Waals surface area contributed by atoms with Gasteiger partial charge in [-0.25, -0.2) is 0 Å². The van der Waals surface area contributed by atoms with Crippen LogP contribution in [-0.4, -0.2) is 33.1 Å². The van der Waals surface area contributed by atoms with Crippen LogP contribution in [0.2, 0.25) is 0 Å². The van der Waals surface area contributed by atoms with E-state index in [4.69, 9.17) is 4.52 Å². The Labute approximate surface area is 127 Å². The maximum Gasteiger partial charge on any atom is 0.288 e. The molecular formula is C12H16ClN5O3. The van der Waals surface area contributed by atoms with Crippen molar-refractivity contribution in [3.05, 3.63) is 33.9 Å². The number of likely N-dealkylation sites (N-methyl/N-ethyl adjacent to an activating group) is 1. The Morgan fingerprint density at radius 1 is 1.52 bits per heavy atom. The van der Waals surface area contributed by atoms with Crippen LogP contribution in [0.15, 0.2) is 16.8 Å². The zero-order valence-electron chi connectivity index (χ0n) is 11.9. The first-order chi connectivity index (χ1) is 9.51. The summed E-state index contributed by atoms with van der Waals surface area (Å²) in [4.78, 5) is 18.5. The van der Waals surface area contributed by atoms with Crippen LogP contribution in [0.4, 0.5) is 5.69 Å². The van der Waals surface area contributed by atoms with Crippen LogP contribution in [0.25, 0.3) is 11.5 Å². The molecule has 2 rings (SSSR count). The van der Waals surface area contributed by atoms with Crippen molar-refractivity contribution in [3.8, 4) is 11.5 Å². The highest BCUT2D eigenvalue weighted by Gasteiger charge is 2.17. The number of aryl methyl sites for hydroxylation is 1. The number of hydrogen-bond acceptors (Lipinski definition) is 7. The number of nitrogens with zero attached hydrogens (tertiary/aromatic N) is 4. The average molecular weight is 314 g/mol. The third-order valence-electron chi connectivity index (χ3n) is 2.96. The van der Waals surface area contributed by atoms with E-state index in [0.29, 0.717) is 23.5 Å². The lowest BCUT2D eigenvalue weighted by Gasteiger charge is -2.04. The summed E-state index contributed by atoms with van der Waals surface area (Å²) in [5, 5.41) is 17.7. The van der Waals surface area contributed by atoms with Gasteiger partial charge in [0.25, 0.3) is 11.6 Å². The minimum Gasteiger partial charge on any atom is -0.334 e. The fraction of sp³-hybridized carbons (Fsp3) is 0.417. The summed E-state index contributed by atoms with van der Waals surface area (Å²) in [6.07, 6.45) is 1.82. The predicted molar refractivity (Wildman–Crippen MR) is 78.4 cm³/mol. The molecule has 0 saturated heterocycles. The van der Waals surface area contributed by atoms with Crippen molar-refractivity contribution in [1.82, 2.24) is 20.4 Å². The van der Waals surface area contributed by atoms with E-state index in [2.05, 4.69) is 20.4 Å². The zero-order chi connectivity index (χ0) is 14.7. The smallest absolute Gasteiger partial charge is 0.288 e. The first-order valence-electron chi connectivity index (χ1n) is 6.12. The monoisotopic (exact) mass is 313 g/mol. The van der Waals surface area contributed by atoms with Gasteiger partial charge in [-0.05, 0) is 20.9 Å². The Kier molecular flexibility index (Phi) is 5.74. The van der Waals surface area contributed by atoms with Gasteiger partial charge in [0, 0.05) is 18.5 Å². The zero-order valence-corrected chi connectivity index (χ0v) is 12.7. The molecule has 1 unspecified atom stereocenters. The Morgan fingerprint density at radius 2 is 2.24 bits per heavy atom. The molecule has 0 aliphatic heterocycles. The SMILES string of the molecule is CNC(C)Cc1noc(-c2cc([N+](=O)[O-])cnc2C)n1.Cl. The summed E-state index contributed by atoms with van der Waals surface area (Å²) in [6.45, 7) is 3.73. The van der Waals surface area contributed by atoms with Crippen molar-refractivity contribution in [3.63, 3.8) is 0 Å². The predicted octanol–water partition coefficient (Wildman–Crippen LogP) is 1.92. The Balaban J connectivity index is 0.00000220. The summed E-state index contributed by atoms with van der Waals surface area (Å²) in [5.74, 6) is 0.796. The number of pyridine rings is 1. The molecule has 0 aliphatic carbocycles. The van der Waals surface area contributed by atoms with E-state index in [0.717, 1.165) is 0 Å². The lowest BCUT2D eigenvalue weighted by atomic mass is 10.2. The standard InChI is InChI=1S/C12H15N5O3.ClH/c1-7(13-3)4-11-15-12(20-16-11)10-5-9(17(18)19)6-14-8(10)2;/h5-7,13H,4H2,1-3H3;1H. The molecule has 0 aliphatic rings. The highest BCUT2D eigenvalue weighted by Crippen LogP contribution is 2.24. The first kappa shape index (κ1) is 17.0. The Morgan fingerprint density at radius 3 is 2.86 bits per heavy atom. The first-order valence-corrected chi connectivity index (χ1v) is 6.12. The molecule has 0 bridgehead atoms. The molecule has 8 nitrogen and oxygen atoms in total. The molecular weight excluding hydrogens is 298 g/mol. The number of rotatable bonds is 5. The van der Waals surface area contributed by atoms with Gasteiger partial charge >= 0.3 is 0 Å². The molecule has 0 amide bonds. The average Bonchev–Trinajstić information content (AvgIpc) is 2.87. The van der Waals surface area contributed by atoms with Crippen LogP contribution in [0.1, 0.15) is 18.4 Å². The molecule has 0 spiro atoms. The largest absolute Gasteiger partial charge is 0.334 e. The summed E-state index contributed by atoms with van der Waals surface area (Å²) in [7, 11) is 1.85. The van der Waals surface area contributed by atoms with Crippen molar-refractivity contribution < 1.29 is 9.45 Å². The van der Waals surface area contributed by atoms with Crippen molar-refractivity contribution >= 4 is 18.1 Å². The van der Waals surface area contributed by atoms with E-state index in [9.17, 15) is 10.1 Å². The van der Waals surface area contributed by atoms with Gasteiger partial charge in [-0.1, -0.05) is 5.16 Å². The van der Waals surface area contributed by atoms with Crippen molar-refractivity contribution in [2.45, 2.75) is 26.3 Å². The fourth-order valence-electron chi connectivity index (χ4n) is 1.66. The maximum atomic E-state index is 10.8. The normalized spacial score (nSPS) is 11.8. The van der Waals surface area contributed by atoms with Gasteiger partial charge in [0.2, 0.25) is 0 Å². The second kappa shape index (κ2) is 7.09. The Bertz CT molecular complexity index is 631. The molecule has 2 aromatic heterocycles. The summed E-state index contributed by atoms with van der Waals surface area (Å²) in [5.41, 5.74) is 0.983. The molecule has 1 N–H and O–H groups in total. The number of halogens is 1. The van der Waals surface area contributed by atoms with E-state index >= 15 is 0 Å². The second-order valence-electron chi connectivity index (χ2n) is 4.49. The lowest BCUT2D eigenvalue weighted by Crippen LogP contribution is -2.24. The molecule has 0 radical (unpaired) electrons. The van der Waals surface area contributed by atoms with Crippen LogP contribution in [-0.2, 0) is 6.42 Å². The second-order valence-corrected chi connectivity index (χ2v) is 4.49. The van der Waals surface area contributed by atoms with Crippen molar-refractivity contribution in [2.75, 3.05) is 7.05 Å². The van der Waals surface area contributed by atoms with Gasteiger partial charge in [0.15, 0.2) is 5.82 Å². The fourth-order valence-corrected chi connectivity index (χ4v) is 1.66. The van der Waals surface area contributed by atoms with E-state index in [-0.39, 0.29) is 30.0 Å². The number of nitrogens with one attached hydrogen (secondary N) is 1. The third-order valence-corrected chi connectivity index (χ3v) is 2.96. The van der Waals surface area contributed by atoms with Gasteiger partial charge in [-0.2, -0.15) is 4.98 Å². The van der Waals surface area contributed by atoms with Crippen LogP contribution in [0.5, 0.6) is 0 Å². The molecule has 2 aromatic rings. The molecule has 9 heteroatoms. The van der Waals surface area contributed by atoms with Gasteiger partial charge in [-0.3, -0.25) is 15.1 Å². The van der Waals surface area contributed by atoms with Gasteiger partial charge in [0.1, 0.15) is 6.20 Å². The molecule has 0 saturated carbocycles. The number of aromatic nitrogens is 3. The van der Waals surface area contributed by atoms with E-state index in [1.807, 2.05) is 14.0 Å². The summed E-state index contributed by atoms with van der Waals surface area (Å²) < 4.78 is 5.16. The molecule has 0 fully saturated rings. The summed E-state index contributed by atoms with van der Waals surface area (Å²) >= 11 is 0. The summed E-state index contributed by atoms with van der Waals surface area (Å²) in [6, 6.07) is 1.60. The van der Waals surface area contributed by atoms with Gasteiger partial charge < -0.3 is 9.84 Å². The van der Waals surface area contributed by atoms with Gasteiger partial charge in [-0.15, -0.1) is 12.4 Å². The Hall–Kier alpha value is -2.06. The van der Waals surface area contributed by atoms with Crippen LogP contribution in [0, 0.1) is 17.0 Å². The molecule has 2 heterocycles. The van der Waals surface area contributed by atoms with Crippen molar-refractivity contribution in [2.24, 2.45) is 0 Å². The van der Waals surface area contributed by atoms with E-state index < -0.39 is 4.92 Å². The van der Waals surface area contributed by atoms with Crippen LogP contribution < -0.4 is 5.32 Å². The van der Waals surface area contributed by atoms with E-state index in [1.54, 1.807) is 6.92 Å². The van der Waals surface area contributed by atoms with Crippen LogP contribution in [0.3, 0.4) is 0 Å².